The lowest BCUT2D eigenvalue weighted by molar-refractivity contribution is 0.809. The molecule has 0 N–H and O–H groups in total. The van der Waals surface area contributed by atoms with E-state index in [0.29, 0.717) is 0 Å². The molecular weight excluding hydrogens is 87.1 g/mol. The van der Waals surface area contributed by atoms with Gasteiger partial charge in [-0.25, -0.2) is 0 Å². The average Bonchev–Trinajstić information content (AvgIpc) is 1.38. The Bertz CT molecular complexity index is 42.2. The van der Waals surface area contributed by atoms with Crippen LogP contribution in [0.15, 0.2) is 0 Å². The van der Waals surface area contributed by atoms with Crippen molar-refractivity contribution in [3.63, 3.8) is 0 Å². The van der Waals surface area contributed by atoms with Crippen LogP contribution in [-0.2, 0) is 0 Å². The second-order valence-corrected chi connectivity index (χ2v) is 1.05. The number of hydrogen-bond acceptors (Lipinski definition) is 1. The van der Waals surface area contributed by atoms with Crippen LogP contribution in [0.2, 0.25) is 0 Å². The van der Waals surface area contributed by atoms with E-state index in [4.69, 9.17) is 0 Å². The molecular formula is C3H4FS. The summed E-state index contributed by atoms with van der Waals surface area (Å²) < 4.78 is 11.1. The van der Waals surface area contributed by atoms with Crippen molar-refractivity contribution >= 4 is 17.3 Å². The zero-order chi connectivity index (χ0) is 4.28. The molecule has 0 bridgehead atoms. The molecule has 29 valence electrons. The summed E-state index contributed by atoms with van der Waals surface area (Å²) in [5.74, 6) is 0. The molecule has 0 aliphatic heterocycles. The molecule has 0 saturated carbocycles. The highest BCUT2D eigenvalue weighted by atomic mass is 32.1. The van der Waals surface area contributed by atoms with Crippen LogP contribution in [0.3, 0.4) is 0 Å². The van der Waals surface area contributed by atoms with E-state index in [1.54, 1.807) is 0 Å². The van der Waals surface area contributed by atoms with Crippen LogP contribution in [0.5, 0.6) is 0 Å². The van der Waals surface area contributed by atoms with Gasteiger partial charge in [-0.3, -0.25) is 0 Å². The van der Waals surface area contributed by atoms with E-state index >= 15 is 0 Å². The van der Waals surface area contributed by atoms with E-state index in [2.05, 4.69) is 19.1 Å². The summed E-state index contributed by atoms with van der Waals surface area (Å²) in [7, 11) is 0. The lowest BCUT2D eigenvalue weighted by Gasteiger charge is -1.70. The van der Waals surface area contributed by atoms with E-state index in [1.807, 2.05) is 0 Å². The molecule has 0 aromatic carbocycles. The first-order valence-electron chi connectivity index (χ1n) is 1.25. The van der Waals surface area contributed by atoms with Gasteiger partial charge in [0.15, 0.2) is 5.12 Å². The minimum atomic E-state index is -0.523. The zero-order valence-electron chi connectivity index (χ0n) is 2.70. The Hall–Kier alpha value is 0.0200. The van der Waals surface area contributed by atoms with Crippen molar-refractivity contribution in [1.82, 2.24) is 0 Å². The van der Waals surface area contributed by atoms with Crippen molar-refractivity contribution in [3.05, 3.63) is 6.92 Å². The molecule has 0 spiro atoms. The number of rotatable bonds is 1. The van der Waals surface area contributed by atoms with Crippen LogP contribution in [0, 0.1) is 6.92 Å². The maximum atomic E-state index is 11.1. The van der Waals surface area contributed by atoms with Crippen LogP contribution in [-0.4, -0.2) is 5.12 Å². The van der Waals surface area contributed by atoms with Gasteiger partial charge >= 0.3 is 0 Å². The number of hydrogen-bond donors (Lipinski definition) is 0. The maximum absolute atomic E-state index is 11.1. The molecule has 0 aromatic rings. The maximum Gasteiger partial charge on any atom is 0.162 e. The van der Waals surface area contributed by atoms with E-state index in [9.17, 15) is 4.39 Å². The van der Waals surface area contributed by atoms with E-state index in [0.717, 1.165) is 0 Å². The standard InChI is InChI=1S/C3H4FS/c1-2-3(4)5/h1-2H2. The molecule has 5 heavy (non-hydrogen) atoms. The van der Waals surface area contributed by atoms with Gasteiger partial charge < -0.3 is 0 Å². The van der Waals surface area contributed by atoms with Gasteiger partial charge in [-0.05, 0) is 6.92 Å². The van der Waals surface area contributed by atoms with Gasteiger partial charge in [0.1, 0.15) is 0 Å². The zero-order valence-corrected chi connectivity index (χ0v) is 3.52. The number of halogens is 1. The Labute approximate surface area is 36.0 Å². The lowest BCUT2D eigenvalue weighted by Crippen LogP contribution is -1.72. The van der Waals surface area contributed by atoms with Crippen molar-refractivity contribution in [2.75, 3.05) is 0 Å². The summed E-state index contributed by atoms with van der Waals surface area (Å²) in [4.78, 5) is 0. The smallest absolute Gasteiger partial charge is 0.162 e. The first-order valence-corrected chi connectivity index (χ1v) is 1.65. The van der Waals surface area contributed by atoms with Crippen molar-refractivity contribution in [2.24, 2.45) is 0 Å². The summed E-state index contributed by atoms with van der Waals surface area (Å²) in [6.07, 6.45) is 0.120. The van der Waals surface area contributed by atoms with E-state index in [1.165, 1.54) is 0 Å². The predicted molar refractivity (Wildman–Crippen MR) is 23.7 cm³/mol. The molecule has 0 saturated heterocycles. The van der Waals surface area contributed by atoms with Crippen LogP contribution in [0.25, 0.3) is 0 Å². The third kappa shape index (κ3) is 4.02. The average molecular weight is 91.1 g/mol. The molecule has 0 aliphatic carbocycles. The highest BCUT2D eigenvalue weighted by molar-refractivity contribution is 7.80. The van der Waals surface area contributed by atoms with Gasteiger partial charge in [0.25, 0.3) is 0 Å². The van der Waals surface area contributed by atoms with Crippen molar-refractivity contribution in [1.29, 1.82) is 0 Å². The SMILES string of the molecule is [CH2]CC(F)=S. The molecule has 0 amide bonds. The molecule has 0 rings (SSSR count). The topological polar surface area (TPSA) is 0 Å². The summed E-state index contributed by atoms with van der Waals surface area (Å²) in [6, 6.07) is 0. The quantitative estimate of drug-likeness (QED) is 0.348. The normalized spacial score (nSPS) is 7.60. The Morgan fingerprint density at radius 3 is 2.20 bits per heavy atom. The Balaban J connectivity index is 2.85. The molecule has 0 aliphatic rings. The van der Waals surface area contributed by atoms with Gasteiger partial charge in [0, 0.05) is 6.42 Å². The minimum Gasteiger partial charge on any atom is -0.199 e. The Morgan fingerprint density at radius 2 is 2.20 bits per heavy atom. The molecule has 0 fully saturated rings. The van der Waals surface area contributed by atoms with E-state index < -0.39 is 5.12 Å². The first kappa shape index (κ1) is 5.02. The predicted octanol–water partition coefficient (Wildman–Crippen LogP) is 1.51. The highest BCUT2D eigenvalue weighted by Crippen LogP contribution is 1.81. The van der Waals surface area contributed by atoms with Crippen molar-refractivity contribution < 1.29 is 4.39 Å². The van der Waals surface area contributed by atoms with Gasteiger partial charge in [-0.1, -0.05) is 12.2 Å². The third-order valence-electron chi connectivity index (χ3n) is 0.197. The molecule has 2 heteroatoms. The lowest BCUT2D eigenvalue weighted by atomic mass is 10.6. The fourth-order valence-corrected chi connectivity index (χ4v) is 0. The van der Waals surface area contributed by atoms with Gasteiger partial charge in [0.2, 0.25) is 0 Å². The Kier molecular flexibility index (Phi) is 2.28. The minimum absolute atomic E-state index is 0.120. The van der Waals surface area contributed by atoms with Gasteiger partial charge in [-0.2, -0.15) is 4.39 Å². The van der Waals surface area contributed by atoms with Crippen LogP contribution < -0.4 is 0 Å². The molecule has 1 radical (unpaired) electrons. The van der Waals surface area contributed by atoms with Crippen molar-refractivity contribution in [3.8, 4) is 0 Å². The van der Waals surface area contributed by atoms with E-state index in [-0.39, 0.29) is 6.42 Å². The molecule has 0 unspecified atom stereocenters. The first-order chi connectivity index (χ1) is 2.27. The summed E-state index contributed by atoms with van der Waals surface area (Å²) in [5, 5.41) is -0.523. The van der Waals surface area contributed by atoms with Crippen LogP contribution in [0.4, 0.5) is 4.39 Å². The number of thiocarbonyl (C=S) groups is 1. The molecule has 0 heterocycles. The van der Waals surface area contributed by atoms with Crippen LogP contribution in [0.1, 0.15) is 6.42 Å². The van der Waals surface area contributed by atoms with Gasteiger partial charge in [0.05, 0.1) is 0 Å². The fraction of sp³-hybridized carbons (Fsp3) is 0.333. The highest BCUT2D eigenvalue weighted by Gasteiger charge is 1.77. The summed E-state index contributed by atoms with van der Waals surface area (Å²) >= 11 is 3.97. The monoisotopic (exact) mass is 91.0 g/mol. The van der Waals surface area contributed by atoms with Crippen molar-refractivity contribution in [2.45, 2.75) is 6.42 Å². The second-order valence-electron chi connectivity index (χ2n) is 0.605. The second kappa shape index (κ2) is 2.27. The molecule has 0 atom stereocenters. The van der Waals surface area contributed by atoms with Gasteiger partial charge in [-0.15, -0.1) is 0 Å². The van der Waals surface area contributed by atoms with Crippen LogP contribution >= 0.6 is 12.2 Å². The molecule has 0 nitrogen and oxygen atoms in total. The third-order valence-corrected chi connectivity index (χ3v) is 0.401. The fourth-order valence-electron chi connectivity index (χ4n) is 0. The molecule has 0 aromatic heterocycles. The largest absolute Gasteiger partial charge is 0.199 e. The summed E-state index contributed by atoms with van der Waals surface area (Å²) in [6.45, 7) is 3.17. The Morgan fingerprint density at radius 1 is 2.00 bits per heavy atom. The summed E-state index contributed by atoms with van der Waals surface area (Å²) in [5.41, 5.74) is 0.